The van der Waals surface area contributed by atoms with Crippen LogP contribution in [0.2, 0.25) is 0 Å². The molecule has 33 heavy (non-hydrogen) atoms. The van der Waals surface area contributed by atoms with Gasteiger partial charge in [0, 0.05) is 35.5 Å². The van der Waals surface area contributed by atoms with Crippen molar-refractivity contribution in [1.82, 2.24) is 8.75 Å². The number of unbranched alkanes of at least 4 members (excludes halogenated alkanes) is 1. The first-order valence-electron chi connectivity index (χ1n) is 11.5. The van der Waals surface area contributed by atoms with E-state index >= 15 is 0 Å². The summed E-state index contributed by atoms with van der Waals surface area (Å²) in [6.45, 7) is 8.47. The van der Waals surface area contributed by atoms with Crippen LogP contribution in [0, 0.1) is 5.92 Å². The Kier molecular flexibility index (Phi) is 8.58. The molecule has 0 fully saturated rings. The number of benzene rings is 1. The number of nitrogens with zero attached hydrogens (tertiary/aromatic N) is 2. The van der Waals surface area contributed by atoms with Gasteiger partial charge in [-0.2, -0.15) is 8.75 Å². The van der Waals surface area contributed by atoms with Gasteiger partial charge in [0.25, 0.3) is 0 Å². The summed E-state index contributed by atoms with van der Waals surface area (Å²) in [5.41, 5.74) is 4.26. The fraction of sp³-hybridized carbons (Fsp3) is 0.333. The second kappa shape index (κ2) is 11.6. The highest BCUT2D eigenvalue weighted by atomic mass is 32.2. The van der Waals surface area contributed by atoms with Crippen molar-refractivity contribution in [1.29, 1.82) is 0 Å². The van der Waals surface area contributed by atoms with Gasteiger partial charge in [0.05, 0.1) is 11.7 Å². The first-order valence-corrected chi connectivity index (χ1v) is 15.1. The van der Waals surface area contributed by atoms with Crippen LogP contribution in [-0.4, -0.2) is 15.0 Å². The van der Waals surface area contributed by atoms with E-state index in [1.54, 1.807) is 11.8 Å². The van der Waals surface area contributed by atoms with Gasteiger partial charge in [-0.25, -0.2) is 0 Å². The molecular weight excluding hydrogens is 481 g/mol. The number of rotatable bonds is 11. The maximum absolute atomic E-state index is 4.66. The lowest BCUT2D eigenvalue weighted by Crippen LogP contribution is -2.01. The SMILES string of the molecule is C=C/C=C(\SC)c1ccc(-c2ccc(-c3ccc(CC(CC)CCCC)s3)s2)c2nsnc12. The minimum atomic E-state index is 0.806. The van der Waals surface area contributed by atoms with Crippen LogP contribution in [0.1, 0.15) is 50.0 Å². The Morgan fingerprint density at radius 2 is 1.76 bits per heavy atom. The topological polar surface area (TPSA) is 25.8 Å². The molecule has 0 saturated carbocycles. The first-order chi connectivity index (χ1) is 16.2. The second-order valence-electron chi connectivity index (χ2n) is 8.14. The smallest absolute Gasteiger partial charge is 0.114 e. The Hall–Kier alpha value is -1.73. The summed E-state index contributed by atoms with van der Waals surface area (Å²) >= 11 is 6.81. The lowest BCUT2D eigenvalue weighted by atomic mass is 9.95. The Bertz CT molecular complexity index is 1240. The molecule has 2 nitrogen and oxygen atoms in total. The molecule has 0 saturated heterocycles. The third-order valence-electron chi connectivity index (χ3n) is 5.98. The number of allylic oxidation sites excluding steroid dienone is 2. The molecule has 0 bridgehead atoms. The summed E-state index contributed by atoms with van der Waals surface area (Å²) in [4.78, 5) is 6.62. The fourth-order valence-electron chi connectivity index (χ4n) is 4.10. The van der Waals surface area contributed by atoms with Gasteiger partial charge in [-0.1, -0.05) is 64.3 Å². The van der Waals surface area contributed by atoms with Crippen molar-refractivity contribution in [2.45, 2.75) is 46.0 Å². The molecule has 4 rings (SSSR count). The van der Waals surface area contributed by atoms with Crippen molar-refractivity contribution in [3.63, 3.8) is 0 Å². The standard InChI is InChI=1S/C27H30N2S4/c1-5-8-10-18(7-3)17-19-11-14-24(31-19)25-16-15-23(32-25)21-13-12-20(22(30-4)9-6-2)26-27(21)29-33-28-26/h6,9,11-16,18H,2,5,7-8,10,17H2,1,3-4H3/b22-9-. The van der Waals surface area contributed by atoms with Crippen molar-refractivity contribution < 1.29 is 0 Å². The van der Waals surface area contributed by atoms with E-state index in [-0.39, 0.29) is 0 Å². The predicted molar refractivity (Wildman–Crippen MR) is 153 cm³/mol. The van der Waals surface area contributed by atoms with Gasteiger partial charge in [-0.3, -0.25) is 0 Å². The lowest BCUT2D eigenvalue weighted by Gasteiger charge is -2.12. The fourth-order valence-corrected chi connectivity index (χ4v) is 7.54. The van der Waals surface area contributed by atoms with Gasteiger partial charge in [-0.05, 0) is 48.9 Å². The quantitative estimate of drug-likeness (QED) is 0.188. The molecule has 172 valence electrons. The highest BCUT2D eigenvalue weighted by Crippen LogP contribution is 2.42. The van der Waals surface area contributed by atoms with Crippen molar-refractivity contribution >= 4 is 62.1 Å². The zero-order valence-corrected chi connectivity index (χ0v) is 22.7. The van der Waals surface area contributed by atoms with Gasteiger partial charge in [0.2, 0.25) is 0 Å². The van der Waals surface area contributed by atoms with Crippen LogP contribution in [0.3, 0.4) is 0 Å². The van der Waals surface area contributed by atoms with E-state index in [4.69, 9.17) is 0 Å². The summed E-state index contributed by atoms with van der Waals surface area (Å²) in [5.74, 6) is 0.806. The van der Waals surface area contributed by atoms with Crippen molar-refractivity contribution in [2.24, 2.45) is 5.92 Å². The molecule has 0 spiro atoms. The molecule has 0 N–H and O–H groups in total. The molecule has 0 aliphatic heterocycles. The van der Waals surface area contributed by atoms with Gasteiger partial charge >= 0.3 is 0 Å². The molecule has 1 atom stereocenters. The monoisotopic (exact) mass is 510 g/mol. The molecule has 4 aromatic rings. The molecule has 1 aromatic carbocycles. The van der Waals surface area contributed by atoms with Gasteiger partial charge in [0.15, 0.2) is 0 Å². The van der Waals surface area contributed by atoms with E-state index in [2.05, 4.69) is 71.8 Å². The number of fused-ring (bicyclic) bond motifs is 1. The van der Waals surface area contributed by atoms with Gasteiger partial charge in [-0.15, -0.1) is 34.4 Å². The molecule has 6 heteroatoms. The molecule has 3 heterocycles. The average Bonchev–Trinajstić information content (AvgIpc) is 3.60. The van der Waals surface area contributed by atoms with Crippen LogP contribution in [0.15, 0.2) is 55.1 Å². The Morgan fingerprint density at radius 1 is 1.00 bits per heavy atom. The highest BCUT2D eigenvalue weighted by molar-refractivity contribution is 8.07. The van der Waals surface area contributed by atoms with E-state index in [1.807, 2.05) is 34.8 Å². The van der Waals surface area contributed by atoms with Crippen molar-refractivity contribution in [3.05, 3.63) is 65.6 Å². The second-order valence-corrected chi connectivity index (χ2v) is 11.8. The Balaban J connectivity index is 1.60. The summed E-state index contributed by atoms with van der Waals surface area (Å²) < 4.78 is 9.29. The Labute approximate surface area is 213 Å². The molecule has 0 radical (unpaired) electrons. The van der Waals surface area contributed by atoms with Crippen molar-refractivity contribution in [2.75, 3.05) is 6.26 Å². The third-order valence-corrected chi connectivity index (χ3v) is 9.73. The summed E-state index contributed by atoms with van der Waals surface area (Å²) in [5, 5.41) is 0. The number of thiophene rings is 2. The number of hydrogen-bond donors (Lipinski definition) is 0. The van der Waals surface area contributed by atoms with E-state index < -0.39 is 0 Å². The zero-order chi connectivity index (χ0) is 23.2. The van der Waals surface area contributed by atoms with E-state index in [1.165, 1.54) is 68.9 Å². The number of thioether (sulfide) groups is 1. The maximum atomic E-state index is 4.66. The van der Waals surface area contributed by atoms with Crippen LogP contribution in [0.4, 0.5) is 0 Å². The van der Waals surface area contributed by atoms with Crippen molar-refractivity contribution in [3.8, 4) is 20.2 Å². The van der Waals surface area contributed by atoms with Gasteiger partial charge < -0.3 is 0 Å². The highest BCUT2D eigenvalue weighted by Gasteiger charge is 2.17. The number of aromatic nitrogens is 2. The Morgan fingerprint density at radius 3 is 2.52 bits per heavy atom. The van der Waals surface area contributed by atoms with Gasteiger partial charge in [0.1, 0.15) is 11.0 Å². The molecule has 3 aromatic heterocycles. The molecule has 0 aliphatic carbocycles. The van der Waals surface area contributed by atoms with Crippen LogP contribution >= 0.6 is 46.2 Å². The summed E-state index contributed by atoms with van der Waals surface area (Å²) in [6.07, 6.45) is 12.4. The van der Waals surface area contributed by atoms with Crippen LogP contribution in [-0.2, 0) is 6.42 Å². The predicted octanol–water partition coefficient (Wildman–Crippen LogP) is 9.80. The molecule has 1 unspecified atom stereocenters. The molecular formula is C27H30N2S4. The van der Waals surface area contributed by atoms with E-state index in [0.717, 1.165) is 27.4 Å². The lowest BCUT2D eigenvalue weighted by molar-refractivity contribution is 0.452. The number of hydrogen-bond acceptors (Lipinski definition) is 6. The zero-order valence-electron chi connectivity index (χ0n) is 19.5. The minimum Gasteiger partial charge on any atom is -0.172 e. The summed E-state index contributed by atoms with van der Waals surface area (Å²) in [6, 6.07) is 13.5. The molecule has 0 aliphatic rings. The molecule has 0 amide bonds. The van der Waals surface area contributed by atoms with Crippen LogP contribution < -0.4 is 0 Å². The minimum absolute atomic E-state index is 0.806. The third kappa shape index (κ3) is 5.51. The average molecular weight is 511 g/mol. The van der Waals surface area contributed by atoms with E-state index in [9.17, 15) is 0 Å². The van der Waals surface area contributed by atoms with Crippen LogP contribution in [0.25, 0.3) is 36.1 Å². The summed E-state index contributed by atoms with van der Waals surface area (Å²) in [7, 11) is 0. The normalized spacial score (nSPS) is 13.0. The largest absolute Gasteiger partial charge is 0.172 e. The maximum Gasteiger partial charge on any atom is 0.114 e. The van der Waals surface area contributed by atoms with Crippen LogP contribution in [0.5, 0.6) is 0 Å². The first kappa shape index (κ1) is 24.4. The van der Waals surface area contributed by atoms with E-state index in [0.29, 0.717) is 0 Å².